The topological polar surface area (TPSA) is 77.3 Å². The van der Waals surface area contributed by atoms with E-state index in [1.165, 1.54) is 18.2 Å². The first-order valence-corrected chi connectivity index (χ1v) is 2.70. The lowest BCUT2D eigenvalue weighted by molar-refractivity contribution is -0.378. The van der Waals surface area contributed by atoms with Crippen molar-refractivity contribution in [2.45, 2.75) is 0 Å². The summed E-state index contributed by atoms with van der Waals surface area (Å²) >= 11 is 0. The minimum Gasteiger partial charge on any atom is -0.508 e. The molecule has 10 heavy (non-hydrogen) atoms. The number of rotatable bonds is 1. The van der Waals surface area contributed by atoms with Crippen LogP contribution in [0, 0.1) is 4.91 Å². The van der Waals surface area contributed by atoms with Gasteiger partial charge in [-0.05, 0) is 12.1 Å². The Bertz CT molecular complexity index is 260. The molecule has 0 radical (unpaired) electrons. The fraction of sp³-hybridized carbons (Fsp3) is 0. The van der Waals surface area contributed by atoms with Crippen molar-refractivity contribution in [2.24, 2.45) is 0 Å². The zero-order valence-corrected chi connectivity index (χ0v) is 5.16. The van der Waals surface area contributed by atoms with Crippen molar-refractivity contribution in [3.05, 3.63) is 23.1 Å². The van der Waals surface area contributed by atoms with Crippen molar-refractivity contribution in [3.8, 4) is 5.75 Å². The zero-order chi connectivity index (χ0) is 7.56. The van der Waals surface area contributed by atoms with E-state index in [0.717, 1.165) is 0 Å². The molecule has 4 N–H and O–H groups in total. The maximum atomic E-state index is 10.1. The number of nitrogens with one attached hydrogen (secondary N) is 1. The van der Waals surface area contributed by atoms with E-state index in [0.29, 0.717) is 5.69 Å². The van der Waals surface area contributed by atoms with E-state index in [1.807, 2.05) is 0 Å². The predicted molar refractivity (Wildman–Crippen MR) is 36.5 cm³/mol. The average molecular weight is 139 g/mol. The zero-order valence-electron chi connectivity index (χ0n) is 5.16. The number of hydrogen-bond donors (Lipinski definition) is 3. The van der Waals surface area contributed by atoms with Gasteiger partial charge < -0.3 is 10.8 Å². The van der Waals surface area contributed by atoms with Gasteiger partial charge in [0.25, 0.3) is 5.69 Å². The van der Waals surface area contributed by atoms with Crippen LogP contribution in [0.2, 0.25) is 0 Å². The Hall–Kier alpha value is -1.58. The number of nitrogen functional groups attached to an aromatic ring is 1. The number of nitroso groups, excluding NO2 is 1. The molecule has 0 aliphatic rings. The normalized spacial score (nSPS) is 9.20. The molecule has 0 spiro atoms. The van der Waals surface area contributed by atoms with Crippen LogP contribution in [0.15, 0.2) is 18.2 Å². The molecular weight excluding hydrogens is 132 g/mol. The van der Waals surface area contributed by atoms with E-state index in [1.54, 1.807) is 5.18 Å². The number of nitrogens with two attached hydrogens (primary N) is 1. The lowest BCUT2D eigenvalue weighted by Crippen LogP contribution is -2.56. The van der Waals surface area contributed by atoms with E-state index in [-0.39, 0.29) is 11.4 Å². The number of phenols is 1. The molecule has 1 aromatic rings. The number of aromatic hydroxyl groups is 1. The Morgan fingerprint density at radius 2 is 2.20 bits per heavy atom. The molecule has 0 atom stereocenters. The van der Waals surface area contributed by atoms with E-state index in [4.69, 9.17) is 10.8 Å². The molecule has 0 bridgehead atoms. The molecule has 4 nitrogen and oxygen atoms in total. The van der Waals surface area contributed by atoms with Crippen LogP contribution in [0.25, 0.3) is 0 Å². The molecule has 52 valence electrons. The fourth-order valence-corrected chi connectivity index (χ4v) is 0.633. The average Bonchev–Trinajstić information content (AvgIpc) is 1.94. The second-order valence-corrected chi connectivity index (χ2v) is 1.87. The van der Waals surface area contributed by atoms with Gasteiger partial charge in [-0.15, -0.1) is 0 Å². The summed E-state index contributed by atoms with van der Waals surface area (Å²) in [6.07, 6.45) is 0. The van der Waals surface area contributed by atoms with Crippen LogP contribution in [0.4, 0.5) is 11.4 Å². The van der Waals surface area contributed by atoms with Gasteiger partial charge in [-0.2, -0.15) is 0 Å². The molecule has 0 aliphatic carbocycles. The first-order valence-electron chi connectivity index (χ1n) is 2.70. The summed E-state index contributed by atoms with van der Waals surface area (Å²) in [5, 5.41) is 10.4. The maximum absolute atomic E-state index is 10.1. The molecule has 0 amide bonds. The molecular formula is C6H7N2O2+. The van der Waals surface area contributed by atoms with Crippen LogP contribution < -0.4 is 10.9 Å². The van der Waals surface area contributed by atoms with Gasteiger partial charge in [0.1, 0.15) is 11.4 Å². The molecule has 1 rings (SSSR count). The summed E-state index contributed by atoms with van der Waals surface area (Å²) in [6, 6.07) is 4.13. The monoisotopic (exact) mass is 139 g/mol. The Balaban J connectivity index is 3.21. The summed E-state index contributed by atoms with van der Waals surface area (Å²) in [6.45, 7) is 0. The summed E-state index contributed by atoms with van der Waals surface area (Å²) < 4.78 is 0. The largest absolute Gasteiger partial charge is 0.508 e. The molecule has 0 unspecified atom stereocenters. The predicted octanol–water partition coefficient (Wildman–Crippen LogP) is -0.547. The van der Waals surface area contributed by atoms with E-state index in [9.17, 15) is 4.91 Å². The molecule has 0 heterocycles. The minimum atomic E-state index is 0.0209. The standard InChI is InChI=1S/C6H6N2O2/c7-5-2-1-4(9)3-6(5)8-10/h1-3,9H,7H2/p+1. The van der Waals surface area contributed by atoms with Crippen molar-refractivity contribution in [3.63, 3.8) is 0 Å². The quantitative estimate of drug-likeness (QED) is 0.361. The highest BCUT2D eigenvalue weighted by Crippen LogP contribution is 2.18. The fourth-order valence-electron chi connectivity index (χ4n) is 0.633. The van der Waals surface area contributed by atoms with Crippen LogP contribution in [0.5, 0.6) is 5.75 Å². The van der Waals surface area contributed by atoms with Gasteiger partial charge in [0.15, 0.2) is 0 Å². The maximum Gasteiger partial charge on any atom is 0.279 e. The van der Waals surface area contributed by atoms with Gasteiger partial charge in [-0.1, -0.05) is 0 Å². The van der Waals surface area contributed by atoms with Crippen LogP contribution in [-0.4, -0.2) is 5.11 Å². The van der Waals surface area contributed by atoms with Crippen molar-refractivity contribution in [1.82, 2.24) is 0 Å². The van der Waals surface area contributed by atoms with Crippen LogP contribution in [0.1, 0.15) is 0 Å². The van der Waals surface area contributed by atoms with Crippen molar-refractivity contribution in [1.29, 1.82) is 0 Å². The third kappa shape index (κ3) is 1.05. The van der Waals surface area contributed by atoms with Gasteiger partial charge in [0.2, 0.25) is 0 Å². The summed E-state index contributed by atoms with van der Waals surface area (Å²) in [5.74, 6) is 0.0209. The summed E-state index contributed by atoms with van der Waals surface area (Å²) in [4.78, 5) is 10.1. The van der Waals surface area contributed by atoms with Gasteiger partial charge >= 0.3 is 0 Å². The highest BCUT2D eigenvalue weighted by Gasteiger charge is 2.04. The Morgan fingerprint density at radius 1 is 1.50 bits per heavy atom. The molecule has 0 saturated carbocycles. The first-order chi connectivity index (χ1) is 4.74. The van der Waals surface area contributed by atoms with E-state index >= 15 is 0 Å². The summed E-state index contributed by atoms with van der Waals surface area (Å²) in [5.41, 5.74) is 5.85. The van der Waals surface area contributed by atoms with Crippen molar-refractivity contribution in [2.75, 3.05) is 5.73 Å². The van der Waals surface area contributed by atoms with Crippen molar-refractivity contribution < 1.29 is 10.3 Å². The van der Waals surface area contributed by atoms with Crippen LogP contribution in [-0.2, 0) is 0 Å². The number of anilines is 1. The number of hydrogen-bond acceptors (Lipinski definition) is 3. The van der Waals surface area contributed by atoms with E-state index in [2.05, 4.69) is 0 Å². The van der Waals surface area contributed by atoms with Crippen molar-refractivity contribution >= 4 is 11.4 Å². The van der Waals surface area contributed by atoms with Crippen LogP contribution >= 0.6 is 0 Å². The number of benzene rings is 1. The highest BCUT2D eigenvalue weighted by molar-refractivity contribution is 5.59. The van der Waals surface area contributed by atoms with Gasteiger partial charge in [-0.3, -0.25) is 0 Å². The molecule has 0 aliphatic heterocycles. The molecule has 1 aromatic carbocycles. The lowest BCUT2D eigenvalue weighted by atomic mass is 10.2. The van der Waals surface area contributed by atoms with Gasteiger partial charge in [0.05, 0.1) is 6.07 Å². The molecule has 0 saturated heterocycles. The highest BCUT2D eigenvalue weighted by atomic mass is 16.3. The third-order valence-corrected chi connectivity index (χ3v) is 1.15. The Kier molecular flexibility index (Phi) is 1.53. The third-order valence-electron chi connectivity index (χ3n) is 1.15. The van der Waals surface area contributed by atoms with Gasteiger partial charge in [0, 0.05) is 10.1 Å². The molecule has 4 heteroatoms. The van der Waals surface area contributed by atoms with E-state index < -0.39 is 0 Å². The number of phenolic OH excluding ortho intramolecular Hbond substituents is 1. The first kappa shape index (κ1) is 6.54. The second kappa shape index (κ2) is 2.34. The van der Waals surface area contributed by atoms with Gasteiger partial charge in [-0.25, -0.2) is 0 Å². The van der Waals surface area contributed by atoms with Crippen LogP contribution in [0.3, 0.4) is 0 Å². The Morgan fingerprint density at radius 3 is 2.70 bits per heavy atom. The summed E-state index contributed by atoms with van der Waals surface area (Å²) in [7, 11) is 0. The minimum absolute atomic E-state index is 0.0209. The lowest BCUT2D eigenvalue weighted by Gasteiger charge is -1.90. The molecule has 0 fully saturated rings. The smallest absolute Gasteiger partial charge is 0.279 e. The Labute approximate surface area is 57.3 Å². The second-order valence-electron chi connectivity index (χ2n) is 1.87. The SMILES string of the molecule is Nc1ccc(O)cc1[NH+]=O. The molecule has 0 aromatic heterocycles.